The summed E-state index contributed by atoms with van der Waals surface area (Å²) in [5.41, 5.74) is 2.93. The number of hydrazine groups is 1. The van der Waals surface area contributed by atoms with Crippen LogP contribution in [0.2, 0.25) is 0 Å². The summed E-state index contributed by atoms with van der Waals surface area (Å²) in [4.78, 5) is 15.2. The van der Waals surface area contributed by atoms with Gasteiger partial charge in [0.05, 0.1) is 11.3 Å². The molecular formula is C13H12FN3O2. The van der Waals surface area contributed by atoms with E-state index in [0.717, 1.165) is 0 Å². The van der Waals surface area contributed by atoms with Crippen LogP contribution in [0, 0.1) is 5.82 Å². The molecule has 5 nitrogen and oxygen atoms in total. The van der Waals surface area contributed by atoms with Gasteiger partial charge < -0.3 is 4.74 Å². The predicted molar refractivity (Wildman–Crippen MR) is 66.6 cm³/mol. The first-order valence-electron chi connectivity index (χ1n) is 5.54. The van der Waals surface area contributed by atoms with Crippen molar-refractivity contribution in [2.75, 3.05) is 0 Å². The number of nitrogen functional groups attached to an aromatic ring is 1. The number of benzene rings is 1. The van der Waals surface area contributed by atoms with Crippen LogP contribution in [0.3, 0.4) is 0 Å². The third-order valence-corrected chi connectivity index (χ3v) is 2.43. The second kappa shape index (κ2) is 5.92. The van der Waals surface area contributed by atoms with Crippen molar-refractivity contribution in [1.82, 2.24) is 10.4 Å². The Labute approximate surface area is 109 Å². The Bertz CT molecular complexity index is 572. The molecule has 1 aromatic carbocycles. The van der Waals surface area contributed by atoms with Gasteiger partial charge in [0.25, 0.3) is 5.91 Å². The minimum absolute atomic E-state index is 0.117. The fraction of sp³-hybridized carbons (Fsp3) is 0.0769. The maximum Gasteiger partial charge on any atom is 0.266 e. The smallest absolute Gasteiger partial charge is 0.266 e. The number of amides is 1. The van der Waals surface area contributed by atoms with Crippen LogP contribution < -0.4 is 16.0 Å². The van der Waals surface area contributed by atoms with Crippen LogP contribution in [0.15, 0.2) is 42.6 Å². The molecule has 0 spiro atoms. The minimum Gasteiger partial charge on any atom is -0.484 e. The van der Waals surface area contributed by atoms with E-state index < -0.39 is 11.7 Å². The highest BCUT2D eigenvalue weighted by Crippen LogP contribution is 2.16. The van der Waals surface area contributed by atoms with Crippen molar-refractivity contribution in [3.05, 3.63) is 59.7 Å². The van der Waals surface area contributed by atoms with Gasteiger partial charge in [-0.2, -0.15) is 0 Å². The molecule has 19 heavy (non-hydrogen) atoms. The molecule has 0 fully saturated rings. The van der Waals surface area contributed by atoms with Crippen molar-refractivity contribution in [2.45, 2.75) is 6.61 Å². The average Bonchev–Trinajstić information content (AvgIpc) is 2.46. The van der Waals surface area contributed by atoms with Gasteiger partial charge in [-0.15, -0.1) is 0 Å². The summed E-state index contributed by atoms with van der Waals surface area (Å²) in [7, 11) is 0. The van der Waals surface area contributed by atoms with Crippen molar-refractivity contribution in [2.24, 2.45) is 5.84 Å². The highest BCUT2D eigenvalue weighted by Gasteiger charge is 2.05. The molecule has 0 aliphatic heterocycles. The molecule has 1 amide bonds. The number of carbonyl (C=O) groups is 1. The van der Waals surface area contributed by atoms with Crippen LogP contribution in [0.5, 0.6) is 5.75 Å². The molecule has 3 N–H and O–H groups in total. The summed E-state index contributed by atoms with van der Waals surface area (Å²) in [5.74, 6) is 4.31. The summed E-state index contributed by atoms with van der Waals surface area (Å²) >= 11 is 0. The van der Waals surface area contributed by atoms with E-state index in [1.165, 1.54) is 18.3 Å². The van der Waals surface area contributed by atoms with Crippen LogP contribution in [0.25, 0.3) is 0 Å². The molecule has 0 atom stereocenters. The SMILES string of the molecule is NNC(=O)c1ccc(COc2ccccc2F)nc1. The largest absolute Gasteiger partial charge is 0.484 e. The van der Waals surface area contributed by atoms with Crippen LogP contribution in [-0.4, -0.2) is 10.9 Å². The van der Waals surface area contributed by atoms with Crippen molar-refractivity contribution in [1.29, 1.82) is 0 Å². The molecule has 1 aromatic heterocycles. The third-order valence-electron chi connectivity index (χ3n) is 2.43. The van der Waals surface area contributed by atoms with Gasteiger partial charge in [-0.05, 0) is 24.3 Å². The van der Waals surface area contributed by atoms with Gasteiger partial charge >= 0.3 is 0 Å². The Kier molecular flexibility index (Phi) is 4.04. The molecule has 0 bridgehead atoms. The van der Waals surface area contributed by atoms with Gasteiger partial charge in [0.1, 0.15) is 6.61 Å². The van der Waals surface area contributed by atoms with Crippen molar-refractivity contribution >= 4 is 5.91 Å². The number of para-hydroxylation sites is 1. The summed E-state index contributed by atoms with van der Waals surface area (Å²) in [6.45, 7) is 0.117. The molecule has 98 valence electrons. The number of nitrogens with one attached hydrogen (secondary N) is 1. The lowest BCUT2D eigenvalue weighted by atomic mass is 10.2. The Morgan fingerprint density at radius 2 is 2.11 bits per heavy atom. The van der Waals surface area contributed by atoms with E-state index in [1.807, 2.05) is 5.43 Å². The number of hydrogen-bond acceptors (Lipinski definition) is 4. The zero-order chi connectivity index (χ0) is 13.7. The summed E-state index contributed by atoms with van der Waals surface area (Å²) < 4.78 is 18.6. The Hall–Kier alpha value is -2.47. The fourth-order valence-electron chi connectivity index (χ4n) is 1.44. The maximum absolute atomic E-state index is 13.3. The van der Waals surface area contributed by atoms with Crippen LogP contribution >= 0.6 is 0 Å². The summed E-state index contributed by atoms with van der Waals surface area (Å²) in [5, 5.41) is 0. The normalized spacial score (nSPS) is 10.0. The zero-order valence-corrected chi connectivity index (χ0v) is 9.97. The van der Waals surface area contributed by atoms with E-state index in [4.69, 9.17) is 10.6 Å². The molecule has 2 aromatic rings. The number of hydrogen-bond donors (Lipinski definition) is 2. The second-order valence-electron chi connectivity index (χ2n) is 3.73. The molecular weight excluding hydrogens is 249 g/mol. The van der Waals surface area contributed by atoms with Gasteiger partial charge in [-0.1, -0.05) is 12.1 Å². The van der Waals surface area contributed by atoms with E-state index in [2.05, 4.69) is 4.98 Å². The number of rotatable bonds is 4. The predicted octanol–water partition coefficient (Wildman–Crippen LogP) is 1.40. The van der Waals surface area contributed by atoms with Gasteiger partial charge in [0, 0.05) is 6.20 Å². The van der Waals surface area contributed by atoms with E-state index in [-0.39, 0.29) is 12.4 Å². The number of pyridine rings is 1. The molecule has 1 heterocycles. The van der Waals surface area contributed by atoms with E-state index >= 15 is 0 Å². The van der Waals surface area contributed by atoms with E-state index in [9.17, 15) is 9.18 Å². The molecule has 0 saturated carbocycles. The van der Waals surface area contributed by atoms with E-state index in [1.54, 1.807) is 24.3 Å². The van der Waals surface area contributed by atoms with Gasteiger partial charge in [-0.3, -0.25) is 15.2 Å². The zero-order valence-electron chi connectivity index (χ0n) is 9.97. The molecule has 0 aliphatic carbocycles. The highest BCUT2D eigenvalue weighted by atomic mass is 19.1. The first-order valence-corrected chi connectivity index (χ1v) is 5.54. The van der Waals surface area contributed by atoms with Crippen molar-refractivity contribution in [3.63, 3.8) is 0 Å². The van der Waals surface area contributed by atoms with Gasteiger partial charge in [-0.25, -0.2) is 10.2 Å². The third kappa shape index (κ3) is 3.26. The van der Waals surface area contributed by atoms with Gasteiger partial charge in [0.15, 0.2) is 11.6 Å². The number of nitrogens with zero attached hydrogens (tertiary/aromatic N) is 1. The maximum atomic E-state index is 13.3. The van der Waals surface area contributed by atoms with Crippen LogP contribution in [-0.2, 0) is 6.61 Å². The van der Waals surface area contributed by atoms with Crippen molar-refractivity contribution < 1.29 is 13.9 Å². The standard InChI is InChI=1S/C13H12FN3O2/c14-11-3-1-2-4-12(11)19-8-10-6-5-9(7-16-10)13(18)17-15/h1-7H,8,15H2,(H,17,18). The molecule has 6 heteroatoms. The number of nitrogens with two attached hydrogens (primary N) is 1. The van der Waals surface area contributed by atoms with Crippen molar-refractivity contribution in [3.8, 4) is 5.75 Å². The summed E-state index contributed by atoms with van der Waals surface area (Å²) in [6, 6.07) is 9.30. The van der Waals surface area contributed by atoms with E-state index in [0.29, 0.717) is 11.3 Å². The molecule has 0 saturated heterocycles. The Morgan fingerprint density at radius 3 is 2.74 bits per heavy atom. The molecule has 0 unspecified atom stereocenters. The number of halogens is 1. The molecule has 2 rings (SSSR count). The number of carbonyl (C=O) groups excluding carboxylic acids is 1. The lowest BCUT2D eigenvalue weighted by Gasteiger charge is -2.06. The van der Waals surface area contributed by atoms with Crippen LogP contribution in [0.1, 0.15) is 16.1 Å². The number of ether oxygens (including phenoxy) is 1. The first-order chi connectivity index (χ1) is 9.20. The quantitative estimate of drug-likeness (QED) is 0.495. The Balaban J connectivity index is 2.01. The monoisotopic (exact) mass is 261 g/mol. The van der Waals surface area contributed by atoms with Gasteiger partial charge in [0.2, 0.25) is 0 Å². The average molecular weight is 261 g/mol. The minimum atomic E-state index is -0.429. The molecule has 0 aliphatic rings. The first kappa shape index (κ1) is 13.0. The second-order valence-corrected chi connectivity index (χ2v) is 3.73. The number of aromatic nitrogens is 1. The summed E-state index contributed by atoms with van der Waals surface area (Å²) in [6.07, 6.45) is 1.38. The molecule has 0 radical (unpaired) electrons. The Morgan fingerprint density at radius 1 is 1.32 bits per heavy atom. The topological polar surface area (TPSA) is 77.2 Å². The highest BCUT2D eigenvalue weighted by molar-refractivity contribution is 5.93. The fourth-order valence-corrected chi connectivity index (χ4v) is 1.44. The van der Waals surface area contributed by atoms with Crippen LogP contribution in [0.4, 0.5) is 4.39 Å². The lowest BCUT2D eigenvalue weighted by molar-refractivity contribution is 0.0953. The lowest BCUT2D eigenvalue weighted by Crippen LogP contribution is -2.30.